The molecule has 0 atom stereocenters. The van der Waals surface area contributed by atoms with Crippen molar-refractivity contribution in [1.29, 1.82) is 0 Å². The average molecular weight is 340 g/mol. The zero-order valence-electron chi connectivity index (χ0n) is 12.0. The van der Waals surface area contributed by atoms with Gasteiger partial charge in [0.25, 0.3) is 5.22 Å². The molecule has 1 N–H and O–H groups in total. The van der Waals surface area contributed by atoms with E-state index in [9.17, 15) is 13.2 Å². The average Bonchev–Trinajstić information content (AvgIpc) is 3.20. The van der Waals surface area contributed by atoms with E-state index >= 15 is 0 Å². The second-order valence-electron chi connectivity index (χ2n) is 5.14. The van der Waals surface area contributed by atoms with Gasteiger partial charge in [-0.3, -0.25) is 4.79 Å². The van der Waals surface area contributed by atoms with Gasteiger partial charge in [-0.25, -0.2) is 13.4 Å². The van der Waals surface area contributed by atoms with Gasteiger partial charge in [0.2, 0.25) is 5.91 Å². The van der Waals surface area contributed by atoms with Crippen LogP contribution in [-0.4, -0.2) is 36.9 Å². The third kappa shape index (κ3) is 3.44. The van der Waals surface area contributed by atoms with E-state index in [1.165, 1.54) is 23.9 Å². The summed E-state index contributed by atoms with van der Waals surface area (Å²) in [5, 5.41) is 3.25. The van der Waals surface area contributed by atoms with E-state index in [0.717, 1.165) is 12.8 Å². The summed E-state index contributed by atoms with van der Waals surface area (Å²) in [5.74, 6) is 0.243. The predicted molar refractivity (Wildman–Crippen MR) is 83.6 cm³/mol. The Hall–Kier alpha value is -1.54. The summed E-state index contributed by atoms with van der Waals surface area (Å²) in [4.78, 5) is 16.1. The first-order valence-electron chi connectivity index (χ1n) is 7.03. The normalized spacial score (nSPS) is 15.1. The minimum atomic E-state index is -3.27. The van der Waals surface area contributed by atoms with Crippen LogP contribution in [0, 0.1) is 0 Å². The second kappa shape index (κ2) is 5.92. The first-order valence-corrected chi connectivity index (χ1v) is 9.67. The Bertz CT molecular complexity index is 809. The molecule has 1 aromatic carbocycles. The second-order valence-corrected chi connectivity index (χ2v) is 8.35. The molecule has 1 amide bonds. The van der Waals surface area contributed by atoms with Crippen molar-refractivity contribution in [2.45, 2.75) is 35.9 Å². The summed E-state index contributed by atoms with van der Waals surface area (Å²) < 4.78 is 29.2. The molecule has 1 aromatic heterocycles. The summed E-state index contributed by atoms with van der Waals surface area (Å²) >= 11 is 1.20. The summed E-state index contributed by atoms with van der Waals surface area (Å²) in [7, 11) is -3.27. The van der Waals surface area contributed by atoms with E-state index in [1.54, 1.807) is 13.0 Å². The molecule has 22 heavy (non-hydrogen) atoms. The molecule has 1 heterocycles. The molecule has 0 unspecified atom stereocenters. The first-order chi connectivity index (χ1) is 10.5. The minimum absolute atomic E-state index is 0.0380. The highest BCUT2D eigenvalue weighted by molar-refractivity contribution is 7.99. The summed E-state index contributed by atoms with van der Waals surface area (Å²) in [6, 6.07) is 4.95. The number of fused-ring (bicyclic) bond motifs is 1. The molecule has 3 rings (SSSR count). The van der Waals surface area contributed by atoms with E-state index in [1.807, 2.05) is 0 Å². The maximum Gasteiger partial charge on any atom is 0.257 e. The number of nitrogens with one attached hydrogen (secondary N) is 1. The van der Waals surface area contributed by atoms with Gasteiger partial charge in [-0.2, -0.15) is 0 Å². The lowest BCUT2D eigenvalue weighted by Gasteiger charge is -1.99. The molecule has 0 aliphatic heterocycles. The number of hydrogen-bond donors (Lipinski definition) is 1. The molecule has 6 nitrogen and oxygen atoms in total. The number of amides is 1. The lowest BCUT2D eigenvalue weighted by Crippen LogP contribution is -2.26. The van der Waals surface area contributed by atoms with Gasteiger partial charge in [0, 0.05) is 6.04 Å². The van der Waals surface area contributed by atoms with Crippen LogP contribution in [0.2, 0.25) is 0 Å². The van der Waals surface area contributed by atoms with Crippen LogP contribution in [-0.2, 0) is 14.6 Å². The lowest BCUT2D eigenvalue weighted by molar-refractivity contribution is -0.118. The van der Waals surface area contributed by atoms with E-state index in [0.29, 0.717) is 22.4 Å². The van der Waals surface area contributed by atoms with Crippen molar-refractivity contribution in [2.24, 2.45) is 0 Å². The highest BCUT2D eigenvalue weighted by Crippen LogP contribution is 2.26. The van der Waals surface area contributed by atoms with Gasteiger partial charge in [-0.05, 0) is 31.0 Å². The quantitative estimate of drug-likeness (QED) is 0.809. The molecule has 0 saturated heterocycles. The molecule has 0 bridgehead atoms. The Labute approximate surface area is 132 Å². The SMILES string of the molecule is CCS(=O)(=O)c1ccc2oc(SCC(=O)NC3CC3)nc2c1. The third-order valence-corrected chi connectivity index (χ3v) is 5.91. The topological polar surface area (TPSA) is 89.3 Å². The number of nitrogens with zero attached hydrogens (tertiary/aromatic N) is 1. The number of carbonyl (C=O) groups excluding carboxylic acids is 1. The zero-order chi connectivity index (χ0) is 15.7. The Kier molecular flexibility index (Phi) is 4.14. The Morgan fingerprint density at radius 2 is 2.23 bits per heavy atom. The van der Waals surface area contributed by atoms with Crippen LogP contribution < -0.4 is 5.32 Å². The molecule has 0 radical (unpaired) electrons. The van der Waals surface area contributed by atoms with Gasteiger partial charge in [-0.1, -0.05) is 18.7 Å². The van der Waals surface area contributed by atoms with Gasteiger partial charge in [0.1, 0.15) is 5.52 Å². The standard InChI is InChI=1S/C14H16N2O4S2/c1-2-22(18,19)10-5-6-12-11(7-10)16-14(20-12)21-8-13(17)15-9-3-4-9/h5-7,9H,2-4,8H2,1H3,(H,15,17). The van der Waals surface area contributed by atoms with E-state index in [2.05, 4.69) is 10.3 Å². The van der Waals surface area contributed by atoms with Crippen LogP contribution in [0.5, 0.6) is 0 Å². The number of carbonyl (C=O) groups is 1. The van der Waals surface area contributed by atoms with Gasteiger partial charge < -0.3 is 9.73 Å². The summed E-state index contributed by atoms with van der Waals surface area (Å²) in [6.45, 7) is 1.60. The molecule has 0 spiro atoms. The number of hydrogen-bond acceptors (Lipinski definition) is 6. The highest BCUT2D eigenvalue weighted by atomic mass is 32.2. The molecule has 1 aliphatic carbocycles. The number of aromatic nitrogens is 1. The number of oxazole rings is 1. The third-order valence-electron chi connectivity index (χ3n) is 3.35. The fraction of sp³-hybridized carbons (Fsp3) is 0.429. The molecule has 8 heteroatoms. The van der Waals surface area contributed by atoms with Crippen LogP contribution in [0.3, 0.4) is 0 Å². The largest absolute Gasteiger partial charge is 0.431 e. The maximum absolute atomic E-state index is 11.9. The fourth-order valence-corrected chi connectivity index (χ4v) is 3.48. The van der Waals surface area contributed by atoms with Gasteiger partial charge in [0.15, 0.2) is 15.4 Å². The maximum atomic E-state index is 11.9. The van der Waals surface area contributed by atoms with Crippen LogP contribution in [0.4, 0.5) is 0 Å². The first kappa shape index (κ1) is 15.4. The lowest BCUT2D eigenvalue weighted by atomic mass is 10.3. The molecule has 118 valence electrons. The Morgan fingerprint density at radius 1 is 1.45 bits per heavy atom. The van der Waals surface area contributed by atoms with Crippen molar-refractivity contribution in [3.8, 4) is 0 Å². The van der Waals surface area contributed by atoms with Crippen molar-refractivity contribution in [2.75, 3.05) is 11.5 Å². The monoisotopic (exact) mass is 340 g/mol. The molecule has 1 fully saturated rings. The molecule has 1 aliphatic rings. The number of rotatable bonds is 6. The number of thioether (sulfide) groups is 1. The van der Waals surface area contributed by atoms with Crippen molar-refractivity contribution in [3.05, 3.63) is 18.2 Å². The van der Waals surface area contributed by atoms with E-state index in [-0.39, 0.29) is 22.3 Å². The van der Waals surface area contributed by atoms with Crippen molar-refractivity contribution < 1.29 is 17.6 Å². The van der Waals surface area contributed by atoms with Crippen molar-refractivity contribution in [1.82, 2.24) is 10.3 Å². The van der Waals surface area contributed by atoms with Gasteiger partial charge in [-0.15, -0.1) is 0 Å². The van der Waals surface area contributed by atoms with Crippen molar-refractivity contribution in [3.63, 3.8) is 0 Å². The smallest absolute Gasteiger partial charge is 0.257 e. The predicted octanol–water partition coefficient (Wildman–Crippen LogP) is 1.99. The molecule has 1 saturated carbocycles. The highest BCUT2D eigenvalue weighted by Gasteiger charge is 2.23. The summed E-state index contributed by atoms with van der Waals surface area (Å²) in [5.41, 5.74) is 1.000. The minimum Gasteiger partial charge on any atom is -0.431 e. The Morgan fingerprint density at radius 3 is 2.91 bits per heavy atom. The zero-order valence-corrected chi connectivity index (χ0v) is 13.7. The molecule has 2 aromatic rings. The van der Waals surface area contributed by atoms with Crippen LogP contribution in [0.25, 0.3) is 11.1 Å². The fourth-order valence-electron chi connectivity index (χ4n) is 1.93. The van der Waals surface area contributed by atoms with Crippen LogP contribution >= 0.6 is 11.8 Å². The number of benzene rings is 1. The molecular weight excluding hydrogens is 324 g/mol. The molecular formula is C14H16N2O4S2. The van der Waals surface area contributed by atoms with E-state index in [4.69, 9.17) is 4.42 Å². The summed E-state index contributed by atoms with van der Waals surface area (Å²) in [6.07, 6.45) is 2.10. The van der Waals surface area contributed by atoms with E-state index < -0.39 is 9.84 Å². The number of sulfone groups is 1. The van der Waals surface area contributed by atoms with Crippen molar-refractivity contribution >= 4 is 38.6 Å². The van der Waals surface area contributed by atoms with Gasteiger partial charge in [0.05, 0.1) is 16.4 Å². The van der Waals surface area contributed by atoms with Gasteiger partial charge >= 0.3 is 0 Å². The van der Waals surface area contributed by atoms with Crippen LogP contribution in [0.1, 0.15) is 19.8 Å². The van der Waals surface area contributed by atoms with Crippen LogP contribution in [0.15, 0.2) is 32.7 Å². The Balaban J connectivity index is 1.73.